The Hall–Kier alpha value is -2.59. The van der Waals surface area contributed by atoms with E-state index in [-0.39, 0.29) is 0 Å². The molecule has 1 heterocycles. The molecule has 0 unspecified atom stereocenters. The molecule has 0 aliphatic rings. The third-order valence-electron chi connectivity index (χ3n) is 2.12. The van der Waals surface area contributed by atoms with Crippen molar-refractivity contribution in [3.63, 3.8) is 0 Å². The number of hydrogen-bond acceptors (Lipinski definition) is 4. The molecule has 0 aliphatic carbocycles. The van der Waals surface area contributed by atoms with Crippen molar-refractivity contribution in [2.45, 2.75) is 12.7 Å². The van der Waals surface area contributed by atoms with Crippen LogP contribution in [0.2, 0.25) is 0 Å². The Morgan fingerprint density at radius 2 is 1.81 bits per heavy atom. The standard InChI is InChI=1S/C10H11F3N4O4/c11-10(12,13)6-1-2-17(16-6)5-8(19)14-3-7(18)15-4-9(20)21/h1-2H,3-5H2,(H,14,19)(H,15,18)(H,20,21). The van der Waals surface area contributed by atoms with E-state index < -0.39 is 49.3 Å². The lowest BCUT2D eigenvalue weighted by Gasteiger charge is -2.06. The van der Waals surface area contributed by atoms with Gasteiger partial charge in [-0.25, -0.2) is 0 Å². The highest BCUT2D eigenvalue weighted by Crippen LogP contribution is 2.27. The van der Waals surface area contributed by atoms with Gasteiger partial charge in [0.25, 0.3) is 0 Å². The highest BCUT2D eigenvalue weighted by molar-refractivity contribution is 5.86. The Balaban J connectivity index is 2.39. The van der Waals surface area contributed by atoms with Crippen molar-refractivity contribution in [1.29, 1.82) is 0 Å². The van der Waals surface area contributed by atoms with Gasteiger partial charge in [-0.3, -0.25) is 19.1 Å². The fourth-order valence-electron chi connectivity index (χ4n) is 1.22. The molecule has 0 aliphatic heterocycles. The largest absolute Gasteiger partial charge is 0.480 e. The number of carboxylic acids is 1. The quantitative estimate of drug-likeness (QED) is 0.638. The van der Waals surface area contributed by atoms with Crippen LogP contribution in [-0.4, -0.2) is 45.8 Å². The maximum Gasteiger partial charge on any atom is 0.435 e. The number of hydrogen-bond donors (Lipinski definition) is 3. The smallest absolute Gasteiger partial charge is 0.435 e. The normalized spacial score (nSPS) is 11.0. The van der Waals surface area contributed by atoms with E-state index in [0.29, 0.717) is 6.07 Å². The summed E-state index contributed by atoms with van der Waals surface area (Å²) in [7, 11) is 0. The second-order valence-corrected chi connectivity index (χ2v) is 3.84. The van der Waals surface area contributed by atoms with Crippen LogP contribution in [0.5, 0.6) is 0 Å². The molecule has 0 radical (unpaired) electrons. The van der Waals surface area contributed by atoms with Gasteiger partial charge in [-0.1, -0.05) is 0 Å². The van der Waals surface area contributed by atoms with Crippen molar-refractivity contribution < 1.29 is 32.7 Å². The van der Waals surface area contributed by atoms with E-state index in [1.54, 1.807) is 0 Å². The minimum Gasteiger partial charge on any atom is -0.480 e. The maximum atomic E-state index is 12.3. The van der Waals surface area contributed by atoms with Crippen molar-refractivity contribution in [3.05, 3.63) is 18.0 Å². The topological polar surface area (TPSA) is 113 Å². The highest BCUT2D eigenvalue weighted by atomic mass is 19.4. The van der Waals surface area contributed by atoms with Gasteiger partial charge in [0.2, 0.25) is 11.8 Å². The average molecular weight is 308 g/mol. The minimum absolute atomic E-state index is 0.487. The number of aliphatic carboxylic acids is 1. The molecular weight excluding hydrogens is 297 g/mol. The van der Waals surface area contributed by atoms with Crippen LogP contribution in [0.15, 0.2) is 12.3 Å². The van der Waals surface area contributed by atoms with Gasteiger partial charge in [-0.05, 0) is 6.07 Å². The van der Waals surface area contributed by atoms with Crippen LogP contribution in [0.1, 0.15) is 5.69 Å². The third-order valence-corrected chi connectivity index (χ3v) is 2.12. The van der Waals surface area contributed by atoms with Crippen LogP contribution < -0.4 is 10.6 Å². The van der Waals surface area contributed by atoms with Gasteiger partial charge < -0.3 is 15.7 Å². The second kappa shape index (κ2) is 6.72. The van der Waals surface area contributed by atoms with Crippen molar-refractivity contribution >= 4 is 17.8 Å². The lowest BCUT2D eigenvalue weighted by Crippen LogP contribution is -2.40. The van der Waals surface area contributed by atoms with E-state index >= 15 is 0 Å². The summed E-state index contributed by atoms with van der Waals surface area (Å²) in [5.41, 5.74) is -1.13. The molecule has 0 fully saturated rings. The van der Waals surface area contributed by atoms with Gasteiger partial charge in [0.05, 0.1) is 6.54 Å². The summed E-state index contributed by atoms with van der Waals surface area (Å²) in [5, 5.41) is 15.6. The van der Waals surface area contributed by atoms with Gasteiger partial charge in [-0.2, -0.15) is 18.3 Å². The van der Waals surface area contributed by atoms with E-state index in [2.05, 4.69) is 10.4 Å². The van der Waals surface area contributed by atoms with Crippen molar-refractivity contribution in [2.75, 3.05) is 13.1 Å². The Kier molecular flexibility index (Phi) is 5.27. The first-order valence-electron chi connectivity index (χ1n) is 5.54. The molecule has 21 heavy (non-hydrogen) atoms. The number of carbonyl (C=O) groups excluding carboxylic acids is 2. The van der Waals surface area contributed by atoms with Crippen LogP contribution in [0.3, 0.4) is 0 Å². The van der Waals surface area contributed by atoms with E-state index in [9.17, 15) is 27.6 Å². The number of nitrogens with zero attached hydrogens (tertiary/aromatic N) is 2. The Bertz CT molecular complexity index is 541. The van der Waals surface area contributed by atoms with Crippen molar-refractivity contribution in [2.24, 2.45) is 0 Å². The first-order valence-corrected chi connectivity index (χ1v) is 5.54. The lowest BCUT2D eigenvalue weighted by atomic mass is 10.4. The predicted molar refractivity (Wildman–Crippen MR) is 60.9 cm³/mol. The molecule has 1 aromatic heterocycles. The van der Waals surface area contributed by atoms with Crippen LogP contribution in [0, 0.1) is 0 Å². The van der Waals surface area contributed by atoms with E-state index in [4.69, 9.17) is 5.11 Å². The molecular formula is C10H11F3N4O4. The molecule has 0 saturated carbocycles. The maximum absolute atomic E-state index is 12.3. The monoisotopic (exact) mass is 308 g/mol. The summed E-state index contributed by atoms with van der Waals surface area (Å²) in [6, 6.07) is 0.715. The number of nitrogens with one attached hydrogen (secondary N) is 2. The van der Waals surface area contributed by atoms with Crippen molar-refractivity contribution in [1.82, 2.24) is 20.4 Å². The number of aromatic nitrogens is 2. The second-order valence-electron chi connectivity index (χ2n) is 3.84. The molecule has 0 atom stereocenters. The first kappa shape index (κ1) is 16.5. The number of alkyl halides is 3. The van der Waals surface area contributed by atoms with Crippen molar-refractivity contribution in [3.8, 4) is 0 Å². The molecule has 2 amide bonds. The number of rotatable bonds is 6. The first-order chi connectivity index (χ1) is 9.68. The van der Waals surface area contributed by atoms with E-state index in [1.807, 2.05) is 5.32 Å². The molecule has 1 aromatic rings. The predicted octanol–water partition coefficient (Wildman–Crippen LogP) is -0.781. The molecule has 0 spiro atoms. The molecule has 11 heteroatoms. The van der Waals surface area contributed by atoms with E-state index in [1.165, 1.54) is 0 Å². The average Bonchev–Trinajstić information content (AvgIpc) is 2.82. The molecule has 0 bridgehead atoms. The summed E-state index contributed by atoms with van der Waals surface area (Å²) >= 11 is 0. The highest BCUT2D eigenvalue weighted by Gasteiger charge is 2.33. The summed E-state index contributed by atoms with van der Waals surface area (Å²) in [6.07, 6.45) is -3.62. The molecule has 116 valence electrons. The molecule has 0 aromatic carbocycles. The number of carboxylic acid groups (broad SMARTS) is 1. The zero-order valence-corrected chi connectivity index (χ0v) is 10.5. The Morgan fingerprint density at radius 3 is 2.33 bits per heavy atom. The van der Waals surface area contributed by atoms with Gasteiger partial charge in [0.15, 0.2) is 5.69 Å². The van der Waals surface area contributed by atoms with Gasteiger partial charge >= 0.3 is 12.1 Å². The molecule has 3 N–H and O–H groups in total. The van der Waals surface area contributed by atoms with Gasteiger partial charge in [0.1, 0.15) is 13.1 Å². The summed E-state index contributed by atoms with van der Waals surface area (Å²) < 4.78 is 37.6. The van der Waals surface area contributed by atoms with Crippen LogP contribution in [0.25, 0.3) is 0 Å². The number of halogens is 3. The fourth-order valence-corrected chi connectivity index (χ4v) is 1.22. The summed E-state index contributed by atoms with van der Waals surface area (Å²) in [4.78, 5) is 32.6. The fraction of sp³-hybridized carbons (Fsp3) is 0.400. The number of carbonyl (C=O) groups is 3. The lowest BCUT2D eigenvalue weighted by molar-refractivity contribution is -0.142. The van der Waals surface area contributed by atoms with E-state index in [0.717, 1.165) is 10.9 Å². The van der Waals surface area contributed by atoms with Crippen LogP contribution in [-0.2, 0) is 27.1 Å². The number of amides is 2. The Labute approximate surface area is 115 Å². The van der Waals surface area contributed by atoms with Gasteiger partial charge in [-0.15, -0.1) is 0 Å². The Morgan fingerprint density at radius 1 is 1.19 bits per heavy atom. The van der Waals surface area contributed by atoms with Gasteiger partial charge in [0, 0.05) is 6.20 Å². The minimum atomic E-state index is -4.60. The zero-order valence-electron chi connectivity index (χ0n) is 10.5. The molecule has 1 rings (SSSR count). The molecule has 0 saturated heterocycles. The zero-order chi connectivity index (χ0) is 16.0. The van der Waals surface area contributed by atoms with Crippen LogP contribution >= 0.6 is 0 Å². The molecule has 8 nitrogen and oxygen atoms in total. The third kappa shape index (κ3) is 5.93. The summed E-state index contributed by atoms with van der Waals surface area (Å²) in [5.74, 6) is -2.72. The van der Waals surface area contributed by atoms with Crippen LogP contribution in [0.4, 0.5) is 13.2 Å². The SMILES string of the molecule is O=C(O)CNC(=O)CNC(=O)Cn1ccc(C(F)(F)F)n1. The summed E-state index contributed by atoms with van der Waals surface area (Å²) in [6.45, 7) is -1.58.